The van der Waals surface area contributed by atoms with Gasteiger partial charge in [-0.15, -0.1) is 10.2 Å². The van der Waals surface area contributed by atoms with Crippen molar-refractivity contribution in [2.45, 2.75) is 31.2 Å². The van der Waals surface area contributed by atoms with Crippen molar-refractivity contribution in [1.29, 1.82) is 0 Å². The third-order valence-corrected chi connectivity index (χ3v) is 5.26. The summed E-state index contributed by atoms with van der Waals surface area (Å²) in [4.78, 5) is 0. The number of aromatic nitrogens is 3. The van der Waals surface area contributed by atoms with Crippen molar-refractivity contribution in [3.8, 4) is 11.4 Å². The van der Waals surface area contributed by atoms with E-state index < -0.39 is 0 Å². The van der Waals surface area contributed by atoms with Crippen LogP contribution < -0.4 is 0 Å². The third-order valence-electron chi connectivity index (χ3n) is 4.22. The first kappa shape index (κ1) is 15.1. The van der Waals surface area contributed by atoms with Crippen LogP contribution in [0.2, 0.25) is 0 Å². The summed E-state index contributed by atoms with van der Waals surface area (Å²) >= 11 is 1.70. The fourth-order valence-corrected chi connectivity index (χ4v) is 3.77. The maximum absolute atomic E-state index is 4.89. The SMILES string of the molecule is Cc1ccc(C2=Nn3c(nnc3-c3ccccc3C)S[C@@H]2C)cc1. The highest BCUT2D eigenvalue weighted by atomic mass is 32.2. The maximum atomic E-state index is 4.89. The van der Waals surface area contributed by atoms with Gasteiger partial charge in [0.2, 0.25) is 5.16 Å². The van der Waals surface area contributed by atoms with Crippen molar-refractivity contribution < 1.29 is 0 Å². The van der Waals surface area contributed by atoms with Gasteiger partial charge >= 0.3 is 0 Å². The van der Waals surface area contributed by atoms with Crippen molar-refractivity contribution in [3.05, 3.63) is 65.2 Å². The lowest BCUT2D eigenvalue weighted by Gasteiger charge is -2.20. The van der Waals surface area contributed by atoms with Crippen LogP contribution in [0.4, 0.5) is 0 Å². The molecule has 2 heterocycles. The monoisotopic (exact) mass is 334 g/mol. The molecule has 5 heteroatoms. The second-order valence-corrected chi connectivity index (χ2v) is 7.35. The van der Waals surface area contributed by atoms with Crippen LogP contribution in [0.3, 0.4) is 0 Å². The molecular weight excluding hydrogens is 316 g/mol. The largest absolute Gasteiger partial charge is 0.213 e. The molecule has 0 unspecified atom stereocenters. The first-order valence-corrected chi connectivity index (χ1v) is 8.85. The lowest BCUT2D eigenvalue weighted by molar-refractivity contribution is 0.754. The predicted molar refractivity (Wildman–Crippen MR) is 98.6 cm³/mol. The van der Waals surface area contributed by atoms with Crippen LogP contribution >= 0.6 is 11.8 Å². The normalized spacial score (nSPS) is 16.6. The Hall–Kier alpha value is -2.40. The van der Waals surface area contributed by atoms with Gasteiger partial charge in [-0.3, -0.25) is 0 Å². The van der Waals surface area contributed by atoms with Gasteiger partial charge in [0.25, 0.3) is 0 Å². The molecule has 0 N–H and O–H groups in total. The van der Waals surface area contributed by atoms with Gasteiger partial charge in [0.15, 0.2) is 5.82 Å². The summed E-state index contributed by atoms with van der Waals surface area (Å²) in [5.74, 6) is 0.798. The first-order chi connectivity index (χ1) is 11.6. The van der Waals surface area contributed by atoms with Crippen LogP contribution in [0.5, 0.6) is 0 Å². The van der Waals surface area contributed by atoms with Crippen LogP contribution in [0, 0.1) is 13.8 Å². The molecule has 0 aliphatic carbocycles. The molecule has 4 nitrogen and oxygen atoms in total. The number of rotatable bonds is 2. The predicted octanol–water partition coefficient (Wildman–Crippen LogP) is 4.31. The van der Waals surface area contributed by atoms with E-state index in [4.69, 9.17) is 5.10 Å². The number of nitrogens with zero attached hydrogens (tertiary/aromatic N) is 4. The van der Waals surface area contributed by atoms with Gasteiger partial charge in [-0.1, -0.05) is 65.9 Å². The molecule has 120 valence electrons. The van der Waals surface area contributed by atoms with Crippen molar-refractivity contribution in [1.82, 2.24) is 14.9 Å². The molecule has 0 amide bonds. The summed E-state index contributed by atoms with van der Waals surface area (Å²) in [6, 6.07) is 16.7. The van der Waals surface area contributed by atoms with Crippen LogP contribution in [-0.4, -0.2) is 25.8 Å². The number of hydrogen-bond acceptors (Lipinski definition) is 4. The maximum Gasteiger partial charge on any atom is 0.213 e. The lowest BCUT2D eigenvalue weighted by atomic mass is 10.1. The smallest absolute Gasteiger partial charge is 0.186 e. The molecular formula is C19H18N4S. The van der Waals surface area contributed by atoms with Crippen molar-refractivity contribution in [2.75, 3.05) is 0 Å². The molecule has 1 aliphatic rings. The van der Waals surface area contributed by atoms with Gasteiger partial charge in [0.1, 0.15) is 0 Å². The van der Waals surface area contributed by atoms with E-state index in [0.717, 1.165) is 27.8 Å². The Morgan fingerprint density at radius 1 is 0.958 bits per heavy atom. The van der Waals surface area contributed by atoms with E-state index in [1.807, 2.05) is 16.8 Å². The van der Waals surface area contributed by atoms with E-state index in [-0.39, 0.29) is 5.25 Å². The number of aryl methyl sites for hydroxylation is 2. The van der Waals surface area contributed by atoms with Crippen LogP contribution in [-0.2, 0) is 0 Å². The third kappa shape index (κ3) is 2.55. The Kier molecular flexibility index (Phi) is 3.73. The van der Waals surface area contributed by atoms with E-state index >= 15 is 0 Å². The standard InChI is InChI=1S/C19H18N4S/c1-12-8-10-15(11-9-12)17-14(3)24-19-21-20-18(23(19)22-17)16-7-5-4-6-13(16)2/h4-11,14H,1-3H3/t14-/m1/s1. The number of thioether (sulfide) groups is 1. The zero-order chi connectivity index (χ0) is 16.7. The van der Waals surface area contributed by atoms with Gasteiger partial charge < -0.3 is 0 Å². The second kappa shape index (κ2) is 5.91. The Morgan fingerprint density at radius 3 is 2.46 bits per heavy atom. The van der Waals surface area contributed by atoms with Crippen molar-refractivity contribution in [3.63, 3.8) is 0 Å². The van der Waals surface area contributed by atoms with Crippen molar-refractivity contribution >= 4 is 17.5 Å². The molecule has 2 aromatic carbocycles. The Labute approximate surface area is 145 Å². The fraction of sp³-hybridized carbons (Fsp3) is 0.211. The molecule has 3 aromatic rings. The van der Waals surface area contributed by atoms with E-state index in [9.17, 15) is 0 Å². The average molecular weight is 334 g/mol. The average Bonchev–Trinajstić information content (AvgIpc) is 2.98. The van der Waals surface area contributed by atoms with Crippen LogP contribution in [0.1, 0.15) is 23.6 Å². The Bertz CT molecular complexity index is 925. The lowest BCUT2D eigenvalue weighted by Crippen LogP contribution is -2.21. The molecule has 1 atom stereocenters. The Balaban J connectivity index is 1.85. The van der Waals surface area contributed by atoms with Gasteiger partial charge in [0, 0.05) is 5.56 Å². The highest BCUT2D eigenvalue weighted by Crippen LogP contribution is 2.33. The summed E-state index contributed by atoms with van der Waals surface area (Å²) < 4.78 is 1.88. The van der Waals surface area contributed by atoms with Gasteiger partial charge in [-0.05, 0) is 31.9 Å². The highest BCUT2D eigenvalue weighted by Gasteiger charge is 2.26. The highest BCUT2D eigenvalue weighted by molar-refractivity contribution is 8.00. The quantitative estimate of drug-likeness (QED) is 0.701. The topological polar surface area (TPSA) is 43.1 Å². The molecule has 0 saturated carbocycles. The zero-order valence-electron chi connectivity index (χ0n) is 13.9. The minimum absolute atomic E-state index is 0.245. The molecule has 0 spiro atoms. The summed E-state index contributed by atoms with van der Waals surface area (Å²) in [5, 5.41) is 14.7. The number of benzene rings is 2. The summed E-state index contributed by atoms with van der Waals surface area (Å²) in [6.07, 6.45) is 0. The van der Waals surface area contributed by atoms with E-state index in [0.29, 0.717) is 0 Å². The van der Waals surface area contributed by atoms with Crippen molar-refractivity contribution in [2.24, 2.45) is 5.10 Å². The Morgan fingerprint density at radius 2 is 1.71 bits per heavy atom. The minimum atomic E-state index is 0.245. The first-order valence-electron chi connectivity index (χ1n) is 7.97. The summed E-state index contributed by atoms with van der Waals surface area (Å²) in [6.45, 7) is 6.34. The summed E-state index contributed by atoms with van der Waals surface area (Å²) in [5.41, 5.74) is 5.70. The number of hydrogen-bond donors (Lipinski definition) is 0. The van der Waals surface area contributed by atoms with Crippen LogP contribution in [0.15, 0.2) is 58.8 Å². The van der Waals surface area contributed by atoms with Crippen LogP contribution in [0.25, 0.3) is 11.4 Å². The van der Waals surface area contributed by atoms with E-state index in [1.54, 1.807) is 11.8 Å². The summed E-state index contributed by atoms with van der Waals surface area (Å²) in [7, 11) is 0. The zero-order valence-corrected chi connectivity index (χ0v) is 14.7. The molecule has 0 bridgehead atoms. The molecule has 0 saturated heterocycles. The molecule has 4 rings (SSSR count). The minimum Gasteiger partial charge on any atom is -0.186 e. The second-order valence-electron chi connectivity index (χ2n) is 6.04. The van der Waals surface area contributed by atoms with E-state index in [2.05, 4.69) is 67.4 Å². The molecule has 0 fully saturated rings. The molecule has 1 aromatic heterocycles. The van der Waals surface area contributed by atoms with Gasteiger partial charge in [-0.2, -0.15) is 9.78 Å². The van der Waals surface area contributed by atoms with Gasteiger partial charge in [0.05, 0.1) is 11.0 Å². The fourth-order valence-electron chi connectivity index (χ4n) is 2.84. The molecule has 24 heavy (non-hydrogen) atoms. The van der Waals surface area contributed by atoms with E-state index in [1.165, 1.54) is 11.1 Å². The number of fused-ring (bicyclic) bond motifs is 1. The van der Waals surface area contributed by atoms with Gasteiger partial charge in [-0.25, -0.2) is 0 Å². The molecule has 0 radical (unpaired) electrons. The molecule has 1 aliphatic heterocycles.